The number of H-pyrrole nitrogens is 1. The average Bonchev–Trinajstić information content (AvgIpc) is 3.02. The number of nitrogens with zero attached hydrogens (tertiary/aromatic N) is 1. The minimum absolute atomic E-state index is 0.0756. The molecule has 2 aromatic rings. The van der Waals surface area contributed by atoms with Gasteiger partial charge >= 0.3 is 5.97 Å². The molecular weight excluding hydrogens is 328 g/mol. The third-order valence-corrected chi connectivity index (χ3v) is 5.08. The summed E-state index contributed by atoms with van der Waals surface area (Å²) in [5.41, 5.74) is 2.32. The Kier molecular flexibility index (Phi) is 5.96. The lowest BCUT2D eigenvalue weighted by atomic mass is 9.92. The maximum absolute atomic E-state index is 12.2. The number of carbonyl (C=O) groups excluding carboxylic acids is 2. The van der Waals surface area contributed by atoms with Gasteiger partial charge in [0.2, 0.25) is 0 Å². The highest BCUT2D eigenvalue weighted by molar-refractivity contribution is 5.83. The van der Waals surface area contributed by atoms with E-state index in [1.165, 1.54) is 10.9 Å². The fourth-order valence-electron chi connectivity index (χ4n) is 3.93. The number of nitrogens with one attached hydrogen (secondary N) is 1. The number of aromatic amines is 1. The summed E-state index contributed by atoms with van der Waals surface area (Å²) < 4.78 is 5.20. The lowest BCUT2D eigenvalue weighted by Crippen LogP contribution is -2.44. The van der Waals surface area contributed by atoms with Crippen LogP contribution in [-0.4, -0.2) is 41.5 Å². The van der Waals surface area contributed by atoms with Crippen LogP contribution in [0.2, 0.25) is 0 Å². The molecule has 1 aromatic heterocycles. The van der Waals surface area contributed by atoms with Gasteiger partial charge in [-0.3, -0.25) is 9.59 Å². The molecule has 140 valence electrons. The highest BCUT2D eigenvalue weighted by Gasteiger charge is 2.25. The number of aryl methyl sites for hydroxylation is 1. The molecule has 0 saturated carbocycles. The van der Waals surface area contributed by atoms with E-state index in [-0.39, 0.29) is 18.5 Å². The van der Waals surface area contributed by atoms with Gasteiger partial charge in [0.25, 0.3) is 5.91 Å². The fraction of sp³-hybridized carbons (Fsp3) is 0.524. The SMILES string of the molecule is C[C@@H]1C[C@@H](C)CN(C(=O)COC(=O)CCCc2c[nH]c3ccccc23)C1. The van der Waals surface area contributed by atoms with Gasteiger partial charge in [0, 0.05) is 36.6 Å². The van der Waals surface area contributed by atoms with Crippen LogP contribution in [0.3, 0.4) is 0 Å². The molecule has 1 aromatic carbocycles. The van der Waals surface area contributed by atoms with E-state index in [0.717, 1.165) is 31.4 Å². The van der Waals surface area contributed by atoms with Gasteiger partial charge in [-0.25, -0.2) is 0 Å². The zero-order chi connectivity index (χ0) is 18.5. The number of hydrogen-bond donors (Lipinski definition) is 1. The van der Waals surface area contributed by atoms with Crippen molar-refractivity contribution in [3.63, 3.8) is 0 Å². The second-order valence-electron chi connectivity index (χ2n) is 7.62. The number of piperidine rings is 1. The van der Waals surface area contributed by atoms with Crippen molar-refractivity contribution in [2.75, 3.05) is 19.7 Å². The Bertz CT molecular complexity index is 757. The van der Waals surface area contributed by atoms with Crippen molar-refractivity contribution in [3.05, 3.63) is 36.0 Å². The van der Waals surface area contributed by atoms with E-state index < -0.39 is 0 Å². The molecule has 1 aliphatic rings. The van der Waals surface area contributed by atoms with Crippen molar-refractivity contribution in [2.45, 2.75) is 39.5 Å². The summed E-state index contributed by atoms with van der Waals surface area (Å²) >= 11 is 0. The molecule has 26 heavy (non-hydrogen) atoms. The van der Waals surface area contributed by atoms with Gasteiger partial charge in [0.05, 0.1) is 0 Å². The summed E-state index contributed by atoms with van der Waals surface area (Å²) in [6, 6.07) is 8.14. The Morgan fingerprint density at radius 3 is 2.69 bits per heavy atom. The van der Waals surface area contributed by atoms with E-state index in [1.54, 1.807) is 0 Å². The van der Waals surface area contributed by atoms with Crippen LogP contribution >= 0.6 is 0 Å². The Morgan fingerprint density at radius 2 is 1.92 bits per heavy atom. The van der Waals surface area contributed by atoms with Crippen LogP contribution in [-0.2, 0) is 20.7 Å². The molecule has 0 radical (unpaired) electrons. The number of carbonyl (C=O) groups is 2. The largest absolute Gasteiger partial charge is 0.456 e. The second kappa shape index (κ2) is 8.39. The highest BCUT2D eigenvalue weighted by atomic mass is 16.5. The minimum atomic E-state index is -0.295. The van der Waals surface area contributed by atoms with Crippen molar-refractivity contribution < 1.29 is 14.3 Å². The number of esters is 1. The van der Waals surface area contributed by atoms with Crippen LogP contribution in [0.5, 0.6) is 0 Å². The molecule has 5 nitrogen and oxygen atoms in total. The first-order valence-corrected chi connectivity index (χ1v) is 9.51. The summed E-state index contributed by atoms with van der Waals surface area (Å²) in [5, 5.41) is 1.20. The zero-order valence-electron chi connectivity index (χ0n) is 15.7. The van der Waals surface area contributed by atoms with Gasteiger partial charge in [-0.15, -0.1) is 0 Å². The molecule has 5 heteroatoms. The predicted molar refractivity (Wildman–Crippen MR) is 102 cm³/mol. The van der Waals surface area contributed by atoms with Crippen LogP contribution in [0, 0.1) is 11.8 Å². The number of ether oxygens (including phenoxy) is 1. The molecular formula is C21H28N2O3. The molecule has 1 amide bonds. The number of fused-ring (bicyclic) bond motifs is 1. The first kappa shape index (κ1) is 18.5. The zero-order valence-corrected chi connectivity index (χ0v) is 15.7. The number of hydrogen-bond acceptors (Lipinski definition) is 3. The number of aromatic nitrogens is 1. The highest BCUT2D eigenvalue weighted by Crippen LogP contribution is 2.21. The molecule has 1 N–H and O–H groups in total. The van der Waals surface area contributed by atoms with Gasteiger partial charge < -0.3 is 14.6 Å². The van der Waals surface area contributed by atoms with E-state index >= 15 is 0 Å². The van der Waals surface area contributed by atoms with Gasteiger partial charge in [-0.2, -0.15) is 0 Å². The smallest absolute Gasteiger partial charge is 0.306 e. The Hall–Kier alpha value is -2.30. The van der Waals surface area contributed by atoms with Crippen molar-refractivity contribution in [3.8, 4) is 0 Å². The van der Waals surface area contributed by atoms with E-state index in [2.05, 4.69) is 24.9 Å². The summed E-state index contributed by atoms with van der Waals surface area (Å²) in [7, 11) is 0. The first-order valence-electron chi connectivity index (χ1n) is 9.51. The minimum Gasteiger partial charge on any atom is -0.456 e. The Labute approximate surface area is 154 Å². The molecule has 1 saturated heterocycles. The van der Waals surface area contributed by atoms with Crippen LogP contribution in [0.25, 0.3) is 10.9 Å². The first-order chi connectivity index (χ1) is 12.5. The molecule has 0 aliphatic carbocycles. The van der Waals surface area contributed by atoms with Gasteiger partial charge in [0.15, 0.2) is 6.61 Å². The number of amides is 1. The summed E-state index contributed by atoms with van der Waals surface area (Å²) in [6.45, 7) is 5.72. The maximum atomic E-state index is 12.2. The summed E-state index contributed by atoms with van der Waals surface area (Å²) in [5.74, 6) is 0.647. The van der Waals surface area contributed by atoms with Crippen molar-refractivity contribution >= 4 is 22.8 Å². The number of para-hydroxylation sites is 1. The number of rotatable bonds is 6. The quantitative estimate of drug-likeness (QED) is 0.805. The van der Waals surface area contributed by atoms with Gasteiger partial charge in [-0.1, -0.05) is 32.0 Å². The normalized spacial score (nSPS) is 20.3. The molecule has 0 spiro atoms. The van der Waals surface area contributed by atoms with Crippen molar-refractivity contribution in [1.82, 2.24) is 9.88 Å². The molecule has 1 fully saturated rings. The molecule has 1 aliphatic heterocycles. The Morgan fingerprint density at radius 1 is 1.19 bits per heavy atom. The number of likely N-dealkylation sites (tertiary alicyclic amines) is 1. The molecule has 2 atom stereocenters. The lowest BCUT2D eigenvalue weighted by molar-refractivity contribution is -0.153. The maximum Gasteiger partial charge on any atom is 0.306 e. The van der Waals surface area contributed by atoms with E-state index in [0.29, 0.717) is 24.7 Å². The third-order valence-electron chi connectivity index (χ3n) is 5.08. The van der Waals surface area contributed by atoms with E-state index in [1.807, 2.05) is 29.3 Å². The molecule has 0 bridgehead atoms. The predicted octanol–water partition coefficient (Wildman–Crippen LogP) is 3.54. The average molecular weight is 356 g/mol. The summed E-state index contributed by atoms with van der Waals surface area (Å²) in [6.07, 6.45) is 5.01. The monoisotopic (exact) mass is 356 g/mol. The van der Waals surface area contributed by atoms with Crippen LogP contribution in [0.4, 0.5) is 0 Å². The second-order valence-corrected chi connectivity index (χ2v) is 7.62. The number of benzene rings is 1. The third kappa shape index (κ3) is 4.65. The van der Waals surface area contributed by atoms with Gasteiger partial charge in [-0.05, 0) is 42.7 Å². The van der Waals surface area contributed by atoms with Crippen LogP contribution in [0.1, 0.15) is 38.7 Å². The lowest BCUT2D eigenvalue weighted by Gasteiger charge is -2.34. The molecule has 2 heterocycles. The van der Waals surface area contributed by atoms with Crippen molar-refractivity contribution in [2.24, 2.45) is 11.8 Å². The molecule has 0 unspecified atom stereocenters. The van der Waals surface area contributed by atoms with Gasteiger partial charge in [0.1, 0.15) is 0 Å². The fourth-order valence-corrected chi connectivity index (χ4v) is 3.93. The topological polar surface area (TPSA) is 62.4 Å². The standard InChI is InChI=1S/C21H28N2O3/c1-15-10-16(2)13-23(12-15)20(24)14-26-21(25)9-5-6-17-11-22-19-8-4-3-7-18(17)19/h3-4,7-8,11,15-16,22H,5-6,9-10,12-14H2,1-2H3/t15-,16-/m1/s1. The van der Waals surface area contributed by atoms with Crippen LogP contribution in [0.15, 0.2) is 30.5 Å². The van der Waals surface area contributed by atoms with E-state index in [4.69, 9.17) is 4.74 Å². The van der Waals surface area contributed by atoms with Crippen LogP contribution < -0.4 is 0 Å². The summed E-state index contributed by atoms with van der Waals surface area (Å²) in [4.78, 5) is 29.3. The van der Waals surface area contributed by atoms with E-state index in [9.17, 15) is 9.59 Å². The Balaban J connectivity index is 1.39. The molecule has 3 rings (SSSR count). The van der Waals surface area contributed by atoms with Crippen molar-refractivity contribution in [1.29, 1.82) is 0 Å².